The first kappa shape index (κ1) is 18.0. The molecule has 0 aromatic heterocycles. The fraction of sp³-hybridized carbons (Fsp3) is 0.588. The van der Waals surface area contributed by atoms with Crippen LogP contribution in [0.4, 0.5) is 13.2 Å². The molecule has 2 aliphatic rings. The number of alkyl halides is 3. The lowest BCUT2D eigenvalue weighted by atomic mass is 10.2. The maximum absolute atomic E-state index is 12.7. The molecule has 3 rings (SSSR count). The van der Waals surface area contributed by atoms with Gasteiger partial charge in [-0.25, -0.2) is 0 Å². The molecule has 0 bridgehead atoms. The number of β-amino-alcohol motifs (C(OH)–C–C–N with tert-alkyl or cyclic N) is 1. The van der Waals surface area contributed by atoms with Gasteiger partial charge in [-0.1, -0.05) is 6.07 Å². The van der Waals surface area contributed by atoms with E-state index in [1.807, 2.05) is 0 Å². The number of likely N-dealkylation sites (tertiary alicyclic amines) is 2. The van der Waals surface area contributed by atoms with Gasteiger partial charge in [0.2, 0.25) is 0 Å². The molecule has 25 heavy (non-hydrogen) atoms. The molecule has 2 fully saturated rings. The van der Waals surface area contributed by atoms with Gasteiger partial charge in [0.1, 0.15) is 5.75 Å². The fourth-order valence-electron chi connectivity index (χ4n) is 3.40. The van der Waals surface area contributed by atoms with E-state index in [4.69, 9.17) is 4.74 Å². The second-order valence-corrected chi connectivity index (χ2v) is 6.49. The average Bonchev–Trinajstić information content (AvgIpc) is 3.21. The number of ether oxygens (including phenoxy) is 1. The Morgan fingerprint density at radius 1 is 1.24 bits per heavy atom. The summed E-state index contributed by atoms with van der Waals surface area (Å²) in [5.74, 6) is -0.336. The van der Waals surface area contributed by atoms with Gasteiger partial charge in [-0.3, -0.25) is 9.69 Å². The predicted molar refractivity (Wildman–Crippen MR) is 84.1 cm³/mol. The normalized spacial score (nSPS) is 24.7. The van der Waals surface area contributed by atoms with Crippen molar-refractivity contribution in [3.8, 4) is 5.75 Å². The third-order valence-corrected chi connectivity index (χ3v) is 4.75. The number of hydrogen-bond acceptors (Lipinski definition) is 4. The van der Waals surface area contributed by atoms with Crippen molar-refractivity contribution in [3.05, 3.63) is 29.8 Å². The van der Waals surface area contributed by atoms with Crippen molar-refractivity contribution in [3.63, 3.8) is 0 Å². The minimum Gasteiger partial charge on any atom is -0.484 e. The quantitative estimate of drug-likeness (QED) is 0.891. The summed E-state index contributed by atoms with van der Waals surface area (Å²) in [6, 6.07) is 4.38. The summed E-state index contributed by atoms with van der Waals surface area (Å²) in [5.41, 5.74) is -0.817. The third kappa shape index (κ3) is 4.24. The number of carbonyl (C=O) groups excluding carboxylic acids is 1. The standard InChI is InChI=1S/C17H21F3N2O3/c18-17(19,20)12-4-3-5-13(8-12)25-11-16(24)22-9-14(15(23)10-22)21-6-1-2-7-21/h3-5,8,14-15,23H,1-2,6-7,9-11H2/t14-,15-/m1/s1. The zero-order valence-corrected chi connectivity index (χ0v) is 13.7. The Kier molecular flexibility index (Phi) is 5.19. The number of aliphatic hydroxyl groups is 1. The monoisotopic (exact) mass is 358 g/mol. The Hall–Kier alpha value is -1.80. The highest BCUT2D eigenvalue weighted by Crippen LogP contribution is 2.31. The Labute approximate surface area is 144 Å². The van der Waals surface area contributed by atoms with Crippen molar-refractivity contribution in [2.45, 2.75) is 31.2 Å². The first-order chi connectivity index (χ1) is 11.8. The number of nitrogens with zero attached hydrogens (tertiary/aromatic N) is 2. The van der Waals surface area contributed by atoms with Crippen LogP contribution >= 0.6 is 0 Å². The zero-order chi connectivity index (χ0) is 18.0. The second kappa shape index (κ2) is 7.21. The van der Waals surface area contributed by atoms with Gasteiger partial charge in [0, 0.05) is 13.1 Å². The first-order valence-corrected chi connectivity index (χ1v) is 8.34. The molecular formula is C17H21F3N2O3. The molecule has 1 amide bonds. The number of amides is 1. The highest BCUT2D eigenvalue weighted by atomic mass is 19.4. The van der Waals surface area contributed by atoms with Crippen LogP contribution in [0, 0.1) is 0 Å². The third-order valence-electron chi connectivity index (χ3n) is 4.75. The largest absolute Gasteiger partial charge is 0.484 e. The van der Waals surface area contributed by atoms with Crippen LogP contribution in [-0.4, -0.2) is 65.7 Å². The Bertz CT molecular complexity index is 617. The van der Waals surface area contributed by atoms with E-state index < -0.39 is 17.8 Å². The predicted octanol–water partition coefficient (Wildman–Crippen LogP) is 1.75. The van der Waals surface area contributed by atoms with Crippen LogP contribution in [-0.2, 0) is 11.0 Å². The summed E-state index contributed by atoms with van der Waals surface area (Å²) >= 11 is 0. The van der Waals surface area contributed by atoms with E-state index in [2.05, 4.69) is 4.90 Å². The summed E-state index contributed by atoms with van der Waals surface area (Å²) in [5, 5.41) is 10.2. The van der Waals surface area contributed by atoms with Crippen LogP contribution in [0.2, 0.25) is 0 Å². The van der Waals surface area contributed by atoms with Gasteiger partial charge in [0.05, 0.1) is 17.7 Å². The van der Waals surface area contributed by atoms with E-state index >= 15 is 0 Å². The topological polar surface area (TPSA) is 53.0 Å². The SMILES string of the molecule is O=C(COc1cccc(C(F)(F)F)c1)N1C[C@@H](O)[C@H](N2CCCC2)C1. The lowest BCUT2D eigenvalue weighted by Crippen LogP contribution is -2.41. The minimum absolute atomic E-state index is 0.000914. The molecule has 2 saturated heterocycles. The second-order valence-electron chi connectivity index (χ2n) is 6.49. The first-order valence-electron chi connectivity index (χ1n) is 8.34. The molecule has 0 saturated carbocycles. The summed E-state index contributed by atoms with van der Waals surface area (Å²) in [7, 11) is 0. The smallest absolute Gasteiger partial charge is 0.416 e. The van der Waals surface area contributed by atoms with Crippen LogP contribution in [0.15, 0.2) is 24.3 Å². The van der Waals surface area contributed by atoms with Crippen LogP contribution < -0.4 is 4.74 Å². The van der Waals surface area contributed by atoms with Gasteiger partial charge in [0.25, 0.3) is 5.91 Å². The molecule has 2 aliphatic heterocycles. The van der Waals surface area contributed by atoms with Gasteiger partial charge in [-0.05, 0) is 44.1 Å². The van der Waals surface area contributed by atoms with Crippen molar-refractivity contribution < 1.29 is 27.8 Å². The molecule has 8 heteroatoms. The van der Waals surface area contributed by atoms with Crippen LogP contribution in [0.3, 0.4) is 0 Å². The Morgan fingerprint density at radius 3 is 2.64 bits per heavy atom. The molecule has 2 heterocycles. The number of hydrogen-bond donors (Lipinski definition) is 1. The van der Waals surface area contributed by atoms with E-state index in [0.717, 1.165) is 38.1 Å². The maximum Gasteiger partial charge on any atom is 0.416 e. The fourth-order valence-corrected chi connectivity index (χ4v) is 3.40. The summed E-state index contributed by atoms with van der Waals surface area (Å²) in [4.78, 5) is 16.0. The molecule has 0 aliphatic carbocycles. The minimum atomic E-state index is -4.45. The highest BCUT2D eigenvalue weighted by Gasteiger charge is 2.38. The molecule has 1 aromatic carbocycles. The van der Waals surface area contributed by atoms with Crippen molar-refractivity contribution in [2.24, 2.45) is 0 Å². The van der Waals surface area contributed by atoms with Gasteiger partial charge < -0.3 is 14.7 Å². The van der Waals surface area contributed by atoms with Gasteiger partial charge in [0.15, 0.2) is 6.61 Å². The van der Waals surface area contributed by atoms with Crippen molar-refractivity contribution in [1.29, 1.82) is 0 Å². The molecule has 1 N–H and O–H groups in total. The lowest BCUT2D eigenvalue weighted by molar-refractivity contribution is -0.137. The van der Waals surface area contributed by atoms with E-state index in [1.54, 1.807) is 0 Å². The van der Waals surface area contributed by atoms with Gasteiger partial charge in [-0.2, -0.15) is 13.2 Å². The van der Waals surface area contributed by atoms with Crippen LogP contribution in [0.1, 0.15) is 18.4 Å². The summed E-state index contributed by atoms with van der Waals surface area (Å²) in [6.45, 7) is 2.15. The Balaban J connectivity index is 1.55. The molecule has 2 atom stereocenters. The van der Waals surface area contributed by atoms with Crippen molar-refractivity contribution in [2.75, 3.05) is 32.8 Å². The van der Waals surface area contributed by atoms with Crippen molar-refractivity contribution in [1.82, 2.24) is 9.80 Å². The number of carbonyl (C=O) groups is 1. The number of rotatable bonds is 4. The summed E-state index contributed by atoms with van der Waals surface area (Å²) in [6.07, 6.45) is -2.87. The molecular weight excluding hydrogens is 337 g/mol. The molecule has 0 radical (unpaired) electrons. The van der Waals surface area contributed by atoms with E-state index in [-0.39, 0.29) is 30.9 Å². The average molecular weight is 358 g/mol. The molecule has 5 nitrogen and oxygen atoms in total. The number of aliphatic hydroxyl groups excluding tert-OH is 1. The maximum atomic E-state index is 12.7. The molecule has 0 spiro atoms. The number of benzene rings is 1. The van der Waals surface area contributed by atoms with E-state index in [9.17, 15) is 23.1 Å². The Morgan fingerprint density at radius 2 is 1.96 bits per heavy atom. The number of halogens is 3. The molecule has 1 aromatic rings. The van der Waals surface area contributed by atoms with Gasteiger partial charge in [-0.15, -0.1) is 0 Å². The lowest BCUT2D eigenvalue weighted by Gasteiger charge is -2.25. The van der Waals surface area contributed by atoms with Gasteiger partial charge >= 0.3 is 6.18 Å². The van der Waals surface area contributed by atoms with Crippen LogP contribution in [0.25, 0.3) is 0 Å². The van der Waals surface area contributed by atoms with E-state index in [0.29, 0.717) is 6.54 Å². The molecule has 138 valence electrons. The van der Waals surface area contributed by atoms with Crippen molar-refractivity contribution >= 4 is 5.91 Å². The zero-order valence-electron chi connectivity index (χ0n) is 13.7. The highest BCUT2D eigenvalue weighted by molar-refractivity contribution is 5.78. The molecule has 0 unspecified atom stereocenters. The van der Waals surface area contributed by atoms with E-state index in [1.165, 1.54) is 17.0 Å². The van der Waals surface area contributed by atoms with Crippen LogP contribution in [0.5, 0.6) is 5.75 Å². The summed E-state index contributed by atoms with van der Waals surface area (Å²) < 4.78 is 43.3.